The number of ether oxygens (including phenoxy) is 1. The maximum Gasteiger partial charge on any atom is 0.427 e. The Hall–Kier alpha value is -2.69. The first kappa shape index (κ1) is 12.8. The van der Waals surface area contributed by atoms with Crippen molar-refractivity contribution < 1.29 is 9.53 Å². The molecule has 1 heterocycles. The molecule has 0 radical (unpaired) electrons. The van der Waals surface area contributed by atoms with Crippen molar-refractivity contribution in [2.24, 2.45) is 5.10 Å². The lowest BCUT2D eigenvalue weighted by atomic mass is 10.1. The van der Waals surface area contributed by atoms with Crippen molar-refractivity contribution in [3.63, 3.8) is 0 Å². The van der Waals surface area contributed by atoms with Gasteiger partial charge in [-0.2, -0.15) is 5.10 Å². The Balaban J connectivity index is 2.05. The highest BCUT2D eigenvalue weighted by Gasteiger charge is 1.97. The number of carbonyl (C=O) groups excluding carboxylic acids is 1. The molecular formula is C14H13N3O2. The van der Waals surface area contributed by atoms with E-state index in [1.807, 2.05) is 42.5 Å². The van der Waals surface area contributed by atoms with Crippen LogP contribution in [0.1, 0.15) is 5.56 Å². The second-order valence-corrected chi connectivity index (χ2v) is 3.70. The molecule has 0 aliphatic heterocycles. The minimum atomic E-state index is -0.596. The third-order valence-electron chi connectivity index (χ3n) is 2.43. The third-order valence-corrected chi connectivity index (χ3v) is 2.43. The molecule has 19 heavy (non-hydrogen) atoms. The Labute approximate surface area is 110 Å². The van der Waals surface area contributed by atoms with Gasteiger partial charge in [0, 0.05) is 11.8 Å². The fourth-order valence-corrected chi connectivity index (χ4v) is 1.48. The number of aromatic nitrogens is 1. The molecule has 0 spiro atoms. The summed E-state index contributed by atoms with van der Waals surface area (Å²) in [5, 5.41) is 3.75. The van der Waals surface area contributed by atoms with Crippen LogP contribution in [-0.2, 0) is 4.74 Å². The third kappa shape index (κ3) is 3.64. The molecule has 2 rings (SSSR count). The van der Waals surface area contributed by atoms with Gasteiger partial charge in [-0.3, -0.25) is 4.98 Å². The zero-order valence-corrected chi connectivity index (χ0v) is 10.4. The van der Waals surface area contributed by atoms with Crippen LogP contribution in [0, 0.1) is 0 Å². The number of hydrogen-bond acceptors (Lipinski definition) is 4. The molecule has 5 nitrogen and oxygen atoms in total. The quantitative estimate of drug-likeness (QED) is 0.676. The molecule has 1 N–H and O–H groups in total. The summed E-state index contributed by atoms with van der Waals surface area (Å²) >= 11 is 0. The van der Waals surface area contributed by atoms with Crippen molar-refractivity contribution in [1.82, 2.24) is 10.4 Å². The van der Waals surface area contributed by atoms with Crippen molar-refractivity contribution in [2.45, 2.75) is 0 Å². The first-order chi connectivity index (χ1) is 9.29. The van der Waals surface area contributed by atoms with Crippen LogP contribution in [0.3, 0.4) is 0 Å². The van der Waals surface area contributed by atoms with Crippen molar-refractivity contribution >= 4 is 12.3 Å². The molecule has 0 atom stereocenters. The Morgan fingerprint density at radius 1 is 1.26 bits per heavy atom. The highest BCUT2D eigenvalue weighted by atomic mass is 16.5. The zero-order chi connectivity index (χ0) is 13.5. The number of methoxy groups -OCH3 is 1. The summed E-state index contributed by atoms with van der Waals surface area (Å²) in [7, 11) is 1.28. The van der Waals surface area contributed by atoms with E-state index in [0.717, 1.165) is 16.8 Å². The van der Waals surface area contributed by atoms with Gasteiger partial charge in [0.15, 0.2) is 0 Å². The largest absolute Gasteiger partial charge is 0.452 e. The summed E-state index contributed by atoms with van der Waals surface area (Å²) in [6.45, 7) is 0. The monoisotopic (exact) mass is 255 g/mol. The molecule has 0 unspecified atom stereocenters. The van der Waals surface area contributed by atoms with Gasteiger partial charge < -0.3 is 4.74 Å². The van der Waals surface area contributed by atoms with Gasteiger partial charge >= 0.3 is 6.09 Å². The van der Waals surface area contributed by atoms with Gasteiger partial charge in [0.1, 0.15) is 0 Å². The van der Waals surface area contributed by atoms with E-state index in [9.17, 15) is 4.79 Å². The van der Waals surface area contributed by atoms with Crippen LogP contribution >= 0.6 is 0 Å². The molecule has 0 aliphatic rings. The molecule has 1 aromatic carbocycles. The van der Waals surface area contributed by atoms with Crippen LogP contribution in [0.4, 0.5) is 4.79 Å². The molecule has 0 saturated carbocycles. The van der Waals surface area contributed by atoms with Crippen molar-refractivity contribution in [2.75, 3.05) is 7.11 Å². The van der Waals surface area contributed by atoms with Crippen molar-refractivity contribution in [1.29, 1.82) is 0 Å². The predicted octanol–water partition coefficient (Wildman–Crippen LogP) is 2.44. The zero-order valence-electron chi connectivity index (χ0n) is 10.4. The molecule has 0 bridgehead atoms. The molecule has 0 aliphatic carbocycles. The molecule has 5 heteroatoms. The van der Waals surface area contributed by atoms with Gasteiger partial charge in [-0.15, -0.1) is 0 Å². The normalized spacial score (nSPS) is 10.4. The highest BCUT2D eigenvalue weighted by molar-refractivity contribution is 5.81. The molecular weight excluding hydrogens is 242 g/mol. The lowest BCUT2D eigenvalue weighted by Gasteiger charge is -2.00. The maximum absolute atomic E-state index is 10.8. The number of hydrazone groups is 1. The van der Waals surface area contributed by atoms with Crippen LogP contribution in [0.2, 0.25) is 0 Å². The number of pyridine rings is 1. The minimum absolute atomic E-state index is 0.596. The summed E-state index contributed by atoms with van der Waals surface area (Å²) in [6.07, 6.45) is 2.70. The van der Waals surface area contributed by atoms with E-state index in [4.69, 9.17) is 0 Å². The first-order valence-corrected chi connectivity index (χ1v) is 5.68. The SMILES string of the molecule is COC(=O)NN=Cc1ccc(-c2ccccn2)cc1. The van der Waals surface area contributed by atoms with Gasteiger partial charge in [0.05, 0.1) is 19.0 Å². The van der Waals surface area contributed by atoms with Crippen LogP contribution in [0.5, 0.6) is 0 Å². The molecule has 1 aromatic heterocycles. The van der Waals surface area contributed by atoms with Crippen LogP contribution in [0.15, 0.2) is 53.8 Å². The average molecular weight is 255 g/mol. The van der Waals surface area contributed by atoms with E-state index in [0.29, 0.717) is 0 Å². The minimum Gasteiger partial charge on any atom is -0.452 e. The van der Waals surface area contributed by atoms with E-state index < -0.39 is 6.09 Å². The number of hydrogen-bond donors (Lipinski definition) is 1. The summed E-state index contributed by atoms with van der Waals surface area (Å²) in [5.74, 6) is 0. The number of nitrogens with zero attached hydrogens (tertiary/aromatic N) is 2. The van der Waals surface area contributed by atoms with E-state index in [-0.39, 0.29) is 0 Å². The Kier molecular flexibility index (Phi) is 4.23. The van der Waals surface area contributed by atoms with E-state index in [1.165, 1.54) is 7.11 Å². The molecule has 0 saturated heterocycles. The van der Waals surface area contributed by atoms with Crippen LogP contribution < -0.4 is 5.43 Å². The molecule has 0 fully saturated rings. The second kappa shape index (κ2) is 6.30. The van der Waals surface area contributed by atoms with Gasteiger partial charge in [0.25, 0.3) is 0 Å². The lowest BCUT2D eigenvalue weighted by Crippen LogP contribution is -2.16. The van der Waals surface area contributed by atoms with Crippen molar-refractivity contribution in [3.05, 3.63) is 54.2 Å². The first-order valence-electron chi connectivity index (χ1n) is 5.68. The van der Waals surface area contributed by atoms with Gasteiger partial charge in [0.2, 0.25) is 0 Å². The molecule has 96 valence electrons. The second-order valence-electron chi connectivity index (χ2n) is 3.70. The number of amides is 1. The van der Waals surface area contributed by atoms with E-state index in [1.54, 1.807) is 12.4 Å². The summed E-state index contributed by atoms with van der Waals surface area (Å²) in [6, 6.07) is 13.4. The number of benzene rings is 1. The Morgan fingerprint density at radius 3 is 2.68 bits per heavy atom. The molecule has 2 aromatic rings. The fraction of sp³-hybridized carbons (Fsp3) is 0.0714. The van der Waals surface area contributed by atoms with Gasteiger partial charge in [-0.25, -0.2) is 10.2 Å². The van der Waals surface area contributed by atoms with Crippen LogP contribution in [-0.4, -0.2) is 24.4 Å². The Bertz CT molecular complexity index is 565. The number of nitrogens with one attached hydrogen (secondary N) is 1. The lowest BCUT2D eigenvalue weighted by molar-refractivity contribution is 0.171. The standard InChI is InChI=1S/C14H13N3O2/c1-19-14(18)17-16-10-11-5-7-12(8-6-11)13-4-2-3-9-15-13/h2-10H,1H3,(H,17,18). The number of carbonyl (C=O) groups is 1. The Morgan fingerprint density at radius 2 is 2.05 bits per heavy atom. The van der Waals surface area contributed by atoms with Crippen molar-refractivity contribution in [3.8, 4) is 11.3 Å². The molecule has 1 amide bonds. The smallest absolute Gasteiger partial charge is 0.427 e. The summed E-state index contributed by atoms with van der Waals surface area (Å²) < 4.78 is 4.39. The predicted molar refractivity (Wildman–Crippen MR) is 72.8 cm³/mol. The van der Waals surface area contributed by atoms with E-state index in [2.05, 4.69) is 20.2 Å². The van der Waals surface area contributed by atoms with Gasteiger partial charge in [-0.1, -0.05) is 30.3 Å². The van der Waals surface area contributed by atoms with Gasteiger partial charge in [-0.05, 0) is 17.7 Å². The average Bonchev–Trinajstić information content (AvgIpc) is 2.48. The summed E-state index contributed by atoms with van der Waals surface area (Å²) in [5.41, 5.74) is 5.04. The number of rotatable bonds is 3. The maximum atomic E-state index is 10.8. The topological polar surface area (TPSA) is 63.6 Å². The highest BCUT2D eigenvalue weighted by Crippen LogP contribution is 2.16. The fourth-order valence-electron chi connectivity index (χ4n) is 1.48. The van der Waals surface area contributed by atoms with Crippen LogP contribution in [0.25, 0.3) is 11.3 Å². The summed E-state index contributed by atoms with van der Waals surface area (Å²) in [4.78, 5) is 15.1. The van der Waals surface area contributed by atoms with E-state index >= 15 is 0 Å².